The summed E-state index contributed by atoms with van der Waals surface area (Å²) in [5, 5.41) is 10.6. The number of aryl methyl sites for hydroxylation is 1. The van der Waals surface area contributed by atoms with Crippen LogP contribution in [-0.2, 0) is 10.2 Å². The summed E-state index contributed by atoms with van der Waals surface area (Å²) in [5.74, 6) is 0.127. The first kappa shape index (κ1) is 11.3. The maximum absolute atomic E-state index is 11.7. The molecule has 0 atom stereocenters. The lowest BCUT2D eigenvalue weighted by Crippen LogP contribution is -2.32. The number of aliphatic carboxylic acids is 1. The second-order valence-electron chi connectivity index (χ2n) is 5.17. The third kappa shape index (κ3) is 1.47. The largest absolute Gasteiger partial charge is 0.481 e. The maximum Gasteiger partial charge on any atom is 0.314 e. The topological polar surface area (TPSA) is 50.4 Å². The van der Waals surface area contributed by atoms with Crippen molar-refractivity contribution in [2.75, 3.05) is 0 Å². The second-order valence-corrected chi connectivity index (χ2v) is 5.17. The molecule has 0 spiro atoms. The molecule has 0 radical (unpaired) electrons. The Labute approximate surface area is 105 Å². The molecular weight excluding hydrogens is 228 g/mol. The van der Waals surface area contributed by atoms with E-state index in [-0.39, 0.29) is 0 Å². The van der Waals surface area contributed by atoms with Gasteiger partial charge in [0.05, 0.1) is 5.41 Å². The molecule has 3 rings (SSSR count). The van der Waals surface area contributed by atoms with Crippen LogP contribution < -0.4 is 0 Å². The summed E-state index contributed by atoms with van der Waals surface area (Å²) in [5.41, 5.74) is 0.995. The SMILES string of the molecule is Cc1cc2c(C3(C(=O)O)CCCC3)cccc2o1. The van der Waals surface area contributed by atoms with Crippen LogP contribution in [0.2, 0.25) is 0 Å². The van der Waals surface area contributed by atoms with E-state index in [9.17, 15) is 9.90 Å². The number of carboxylic acid groups (broad SMARTS) is 1. The molecule has 1 saturated carbocycles. The third-order valence-electron chi connectivity index (χ3n) is 4.07. The Bertz CT molecular complexity index is 603. The fraction of sp³-hybridized carbons (Fsp3) is 0.400. The summed E-state index contributed by atoms with van der Waals surface area (Å²) in [4.78, 5) is 11.7. The van der Waals surface area contributed by atoms with Crippen molar-refractivity contribution in [1.82, 2.24) is 0 Å². The molecule has 0 amide bonds. The van der Waals surface area contributed by atoms with E-state index >= 15 is 0 Å². The quantitative estimate of drug-likeness (QED) is 0.877. The minimum Gasteiger partial charge on any atom is -0.481 e. The van der Waals surface area contributed by atoms with Crippen molar-refractivity contribution < 1.29 is 14.3 Å². The average molecular weight is 244 g/mol. The van der Waals surface area contributed by atoms with Crippen LogP contribution in [0.3, 0.4) is 0 Å². The van der Waals surface area contributed by atoms with Crippen LogP contribution in [-0.4, -0.2) is 11.1 Å². The second kappa shape index (κ2) is 3.87. The first-order valence-corrected chi connectivity index (χ1v) is 6.36. The Balaban J connectivity index is 2.26. The minimum atomic E-state index is -0.712. The Morgan fingerprint density at radius 1 is 1.33 bits per heavy atom. The van der Waals surface area contributed by atoms with Gasteiger partial charge in [0.25, 0.3) is 0 Å². The number of carboxylic acids is 1. The highest BCUT2D eigenvalue weighted by Crippen LogP contribution is 2.44. The molecule has 2 aromatic rings. The van der Waals surface area contributed by atoms with Crippen LogP contribution in [0.15, 0.2) is 28.7 Å². The van der Waals surface area contributed by atoms with Gasteiger partial charge in [0.1, 0.15) is 11.3 Å². The lowest BCUT2D eigenvalue weighted by Gasteiger charge is -2.24. The first-order valence-electron chi connectivity index (χ1n) is 6.36. The van der Waals surface area contributed by atoms with E-state index < -0.39 is 11.4 Å². The number of furan rings is 1. The van der Waals surface area contributed by atoms with E-state index in [1.54, 1.807) is 0 Å². The van der Waals surface area contributed by atoms with E-state index in [1.807, 2.05) is 31.2 Å². The Kier molecular flexibility index (Phi) is 2.44. The lowest BCUT2D eigenvalue weighted by atomic mass is 9.77. The zero-order valence-electron chi connectivity index (χ0n) is 10.4. The predicted octanol–water partition coefficient (Wildman–Crippen LogP) is 3.64. The summed E-state index contributed by atoms with van der Waals surface area (Å²) >= 11 is 0. The number of benzene rings is 1. The molecule has 1 aromatic carbocycles. The molecule has 0 aliphatic heterocycles. The molecule has 1 aliphatic rings. The standard InChI is InChI=1S/C15H16O3/c1-10-9-11-12(5-4-6-13(11)18-10)15(14(16)17)7-2-3-8-15/h4-6,9H,2-3,7-8H2,1H3,(H,16,17). The van der Waals surface area contributed by atoms with Crippen LogP contribution >= 0.6 is 0 Å². The van der Waals surface area contributed by atoms with Gasteiger partial charge in [-0.05, 0) is 37.5 Å². The van der Waals surface area contributed by atoms with Gasteiger partial charge in [-0.1, -0.05) is 25.0 Å². The minimum absolute atomic E-state index is 0.702. The molecule has 0 unspecified atom stereocenters. The zero-order chi connectivity index (χ0) is 12.8. The predicted molar refractivity (Wildman–Crippen MR) is 68.7 cm³/mol. The van der Waals surface area contributed by atoms with E-state index in [2.05, 4.69) is 0 Å². The summed E-state index contributed by atoms with van der Waals surface area (Å²) in [6.07, 6.45) is 3.43. The number of rotatable bonds is 2. The first-order chi connectivity index (χ1) is 8.63. The van der Waals surface area contributed by atoms with Gasteiger partial charge in [-0.25, -0.2) is 0 Å². The van der Waals surface area contributed by atoms with Crippen molar-refractivity contribution in [1.29, 1.82) is 0 Å². The van der Waals surface area contributed by atoms with Gasteiger partial charge < -0.3 is 9.52 Å². The molecule has 18 heavy (non-hydrogen) atoms. The summed E-state index contributed by atoms with van der Waals surface area (Å²) in [6.45, 7) is 1.89. The number of carbonyl (C=O) groups is 1. The lowest BCUT2D eigenvalue weighted by molar-refractivity contribution is -0.143. The fourth-order valence-corrected chi connectivity index (χ4v) is 3.18. The normalized spacial score (nSPS) is 18.3. The Hall–Kier alpha value is -1.77. The number of hydrogen-bond acceptors (Lipinski definition) is 2. The molecule has 3 heteroatoms. The van der Waals surface area contributed by atoms with Crippen molar-refractivity contribution in [3.8, 4) is 0 Å². The van der Waals surface area contributed by atoms with Crippen molar-refractivity contribution >= 4 is 16.9 Å². The zero-order valence-corrected chi connectivity index (χ0v) is 10.4. The van der Waals surface area contributed by atoms with Gasteiger partial charge in [-0.3, -0.25) is 4.79 Å². The molecule has 1 heterocycles. The van der Waals surface area contributed by atoms with Crippen molar-refractivity contribution in [3.05, 3.63) is 35.6 Å². The van der Waals surface area contributed by atoms with Gasteiger partial charge in [0.15, 0.2) is 0 Å². The molecule has 3 nitrogen and oxygen atoms in total. The molecule has 1 fully saturated rings. The van der Waals surface area contributed by atoms with Crippen molar-refractivity contribution in [2.24, 2.45) is 0 Å². The molecule has 94 valence electrons. The molecule has 1 aliphatic carbocycles. The molecule has 1 aromatic heterocycles. The van der Waals surface area contributed by atoms with E-state index in [0.29, 0.717) is 0 Å². The van der Waals surface area contributed by atoms with E-state index in [4.69, 9.17) is 4.42 Å². The average Bonchev–Trinajstić information content (AvgIpc) is 2.93. The highest BCUT2D eigenvalue weighted by Gasteiger charge is 2.44. The van der Waals surface area contributed by atoms with Crippen LogP contribution in [0.5, 0.6) is 0 Å². The van der Waals surface area contributed by atoms with Crippen molar-refractivity contribution in [3.63, 3.8) is 0 Å². The van der Waals surface area contributed by atoms with Crippen LogP contribution in [0.4, 0.5) is 0 Å². The van der Waals surface area contributed by atoms with E-state index in [0.717, 1.165) is 48.0 Å². The third-order valence-corrected chi connectivity index (χ3v) is 4.07. The van der Waals surface area contributed by atoms with Gasteiger partial charge in [-0.15, -0.1) is 0 Å². The summed E-state index contributed by atoms with van der Waals surface area (Å²) < 4.78 is 5.60. The smallest absolute Gasteiger partial charge is 0.314 e. The highest BCUT2D eigenvalue weighted by molar-refractivity contribution is 5.91. The van der Waals surface area contributed by atoms with Gasteiger partial charge >= 0.3 is 5.97 Å². The summed E-state index contributed by atoms with van der Waals surface area (Å²) in [7, 11) is 0. The number of fused-ring (bicyclic) bond motifs is 1. The number of hydrogen-bond donors (Lipinski definition) is 1. The Morgan fingerprint density at radius 2 is 2.06 bits per heavy atom. The van der Waals surface area contributed by atoms with Crippen LogP contribution in [0, 0.1) is 6.92 Å². The maximum atomic E-state index is 11.7. The molecular formula is C15H16O3. The Morgan fingerprint density at radius 3 is 2.72 bits per heavy atom. The fourth-order valence-electron chi connectivity index (χ4n) is 3.18. The van der Waals surface area contributed by atoms with Crippen molar-refractivity contribution in [2.45, 2.75) is 38.0 Å². The van der Waals surface area contributed by atoms with Gasteiger partial charge in [0, 0.05) is 5.39 Å². The van der Waals surface area contributed by atoms with Gasteiger partial charge in [-0.2, -0.15) is 0 Å². The van der Waals surface area contributed by atoms with E-state index in [1.165, 1.54) is 0 Å². The van der Waals surface area contributed by atoms with Crippen LogP contribution in [0.25, 0.3) is 11.0 Å². The van der Waals surface area contributed by atoms with Crippen LogP contribution in [0.1, 0.15) is 37.0 Å². The molecule has 0 bridgehead atoms. The summed E-state index contributed by atoms with van der Waals surface area (Å²) in [6, 6.07) is 7.68. The molecule has 0 saturated heterocycles. The van der Waals surface area contributed by atoms with Gasteiger partial charge in [0.2, 0.25) is 0 Å². The monoisotopic (exact) mass is 244 g/mol. The highest BCUT2D eigenvalue weighted by atomic mass is 16.4. The molecule has 1 N–H and O–H groups in total.